The van der Waals surface area contributed by atoms with Crippen molar-refractivity contribution >= 4 is 11.0 Å². The van der Waals surface area contributed by atoms with E-state index >= 15 is 0 Å². The monoisotopic (exact) mass is 202 g/mol. The molecule has 1 aromatic carbocycles. The highest BCUT2D eigenvalue weighted by Gasteiger charge is 2.12. The standard InChI is InChI=1S/C11H14N4/c1-4-8-14(9-5-1)15-12-10-6-2-3-7-11(10)13-15/h2-3,6-7H,1,4-5,8-9H2. The lowest BCUT2D eigenvalue weighted by Gasteiger charge is -2.26. The molecular formula is C11H14N4. The Morgan fingerprint density at radius 3 is 2.07 bits per heavy atom. The van der Waals surface area contributed by atoms with Gasteiger partial charge in [0.15, 0.2) is 0 Å². The number of rotatable bonds is 1. The molecule has 0 atom stereocenters. The van der Waals surface area contributed by atoms with Gasteiger partial charge in [-0.05, 0) is 31.4 Å². The predicted molar refractivity (Wildman–Crippen MR) is 59.3 cm³/mol. The van der Waals surface area contributed by atoms with Gasteiger partial charge in [0.2, 0.25) is 0 Å². The van der Waals surface area contributed by atoms with Gasteiger partial charge in [-0.25, -0.2) is 0 Å². The molecule has 4 nitrogen and oxygen atoms in total. The van der Waals surface area contributed by atoms with Crippen molar-refractivity contribution in [1.82, 2.24) is 15.1 Å². The molecule has 1 aromatic heterocycles. The Morgan fingerprint density at radius 1 is 0.867 bits per heavy atom. The summed E-state index contributed by atoms with van der Waals surface area (Å²) in [6.07, 6.45) is 3.83. The van der Waals surface area contributed by atoms with Crippen LogP contribution in [0.3, 0.4) is 0 Å². The third kappa shape index (κ3) is 1.56. The summed E-state index contributed by atoms with van der Waals surface area (Å²) in [4.78, 5) is 1.77. The van der Waals surface area contributed by atoms with Crippen molar-refractivity contribution in [3.63, 3.8) is 0 Å². The maximum Gasteiger partial charge on any atom is 0.115 e. The maximum absolute atomic E-state index is 4.47. The number of nitrogens with zero attached hydrogens (tertiary/aromatic N) is 4. The van der Waals surface area contributed by atoms with Gasteiger partial charge in [-0.15, -0.1) is 10.2 Å². The third-order valence-electron chi connectivity index (χ3n) is 2.86. The second kappa shape index (κ2) is 3.53. The Kier molecular flexibility index (Phi) is 2.05. The quantitative estimate of drug-likeness (QED) is 0.703. The molecule has 1 aliphatic rings. The molecule has 78 valence electrons. The summed E-state index contributed by atoms with van der Waals surface area (Å²) in [6.45, 7) is 2.14. The van der Waals surface area contributed by atoms with Crippen LogP contribution in [0.25, 0.3) is 11.0 Å². The van der Waals surface area contributed by atoms with Gasteiger partial charge in [0.05, 0.1) is 0 Å². The van der Waals surface area contributed by atoms with Crippen LogP contribution in [0.15, 0.2) is 24.3 Å². The molecule has 0 bridgehead atoms. The molecule has 3 rings (SSSR count). The zero-order chi connectivity index (χ0) is 10.1. The zero-order valence-electron chi connectivity index (χ0n) is 8.63. The Labute approximate surface area is 88.5 Å². The highest BCUT2D eigenvalue weighted by Crippen LogP contribution is 2.10. The Morgan fingerprint density at radius 2 is 1.47 bits per heavy atom. The van der Waals surface area contributed by atoms with Gasteiger partial charge in [0.25, 0.3) is 0 Å². The molecule has 0 amide bonds. The van der Waals surface area contributed by atoms with Crippen molar-refractivity contribution in [3.05, 3.63) is 24.3 Å². The van der Waals surface area contributed by atoms with Crippen LogP contribution < -0.4 is 5.01 Å². The molecule has 1 aliphatic heterocycles. The predicted octanol–water partition coefficient (Wildman–Crippen LogP) is 1.55. The van der Waals surface area contributed by atoms with Crippen LogP contribution in [-0.4, -0.2) is 28.2 Å². The molecule has 2 aromatic rings. The number of benzene rings is 1. The molecule has 0 saturated carbocycles. The first kappa shape index (κ1) is 8.71. The Hall–Kier alpha value is -1.58. The number of aromatic nitrogens is 3. The molecule has 0 spiro atoms. The molecule has 0 radical (unpaired) electrons. The van der Waals surface area contributed by atoms with Gasteiger partial charge in [0, 0.05) is 13.1 Å². The number of fused-ring (bicyclic) bond motifs is 1. The maximum atomic E-state index is 4.47. The zero-order valence-corrected chi connectivity index (χ0v) is 8.63. The first-order valence-corrected chi connectivity index (χ1v) is 5.51. The normalized spacial score (nSPS) is 17.2. The molecule has 0 N–H and O–H groups in total. The van der Waals surface area contributed by atoms with Gasteiger partial charge < -0.3 is 0 Å². The number of hydrogen-bond donors (Lipinski definition) is 0. The fourth-order valence-electron chi connectivity index (χ4n) is 2.03. The van der Waals surface area contributed by atoms with Crippen LogP contribution in [0.2, 0.25) is 0 Å². The molecule has 1 saturated heterocycles. The van der Waals surface area contributed by atoms with E-state index in [9.17, 15) is 0 Å². The fraction of sp³-hybridized carbons (Fsp3) is 0.455. The van der Waals surface area contributed by atoms with Crippen LogP contribution in [0.1, 0.15) is 19.3 Å². The topological polar surface area (TPSA) is 34.0 Å². The molecule has 0 aliphatic carbocycles. The van der Waals surface area contributed by atoms with Gasteiger partial charge in [-0.3, -0.25) is 5.01 Å². The second-order valence-corrected chi connectivity index (χ2v) is 3.97. The number of hydrogen-bond acceptors (Lipinski definition) is 3. The first-order chi connectivity index (χ1) is 7.43. The van der Waals surface area contributed by atoms with Crippen molar-refractivity contribution in [3.8, 4) is 0 Å². The van der Waals surface area contributed by atoms with E-state index in [0.717, 1.165) is 24.1 Å². The van der Waals surface area contributed by atoms with Gasteiger partial charge in [-0.1, -0.05) is 17.0 Å². The second-order valence-electron chi connectivity index (χ2n) is 3.97. The van der Waals surface area contributed by atoms with E-state index in [4.69, 9.17) is 0 Å². The van der Waals surface area contributed by atoms with Crippen LogP contribution in [-0.2, 0) is 0 Å². The lowest BCUT2D eigenvalue weighted by Crippen LogP contribution is -2.40. The van der Waals surface area contributed by atoms with E-state index < -0.39 is 0 Å². The Bertz CT molecular complexity index is 423. The molecular weight excluding hydrogens is 188 g/mol. The molecule has 4 heteroatoms. The lowest BCUT2D eigenvalue weighted by molar-refractivity contribution is 0.416. The van der Waals surface area contributed by atoms with Crippen LogP contribution >= 0.6 is 0 Å². The van der Waals surface area contributed by atoms with Crippen molar-refractivity contribution in [1.29, 1.82) is 0 Å². The highest BCUT2D eigenvalue weighted by molar-refractivity contribution is 5.73. The van der Waals surface area contributed by atoms with E-state index in [-0.39, 0.29) is 0 Å². The molecule has 2 heterocycles. The van der Waals surface area contributed by atoms with Gasteiger partial charge in [-0.2, -0.15) is 0 Å². The van der Waals surface area contributed by atoms with Gasteiger partial charge in [0.1, 0.15) is 11.0 Å². The van der Waals surface area contributed by atoms with Crippen LogP contribution in [0.4, 0.5) is 0 Å². The van der Waals surface area contributed by atoms with Crippen molar-refractivity contribution in [2.45, 2.75) is 19.3 Å². The van der Waals surface area contributed by atoms with Crippen molar-refractivity contribution in [2.24, 2.45) is 0 Å². The summed E-state index contributed by atoms with van der Waals surface area (Å²) < 4.78 is 0. The summed E-state index contributed by atoms with van der Waals surface area (Å²) in [6, 6.07) is 8.00. The first-order valence-electron chi connectivity index (χ1n) is 5.51. The average Bonchev–Trinajstić information content (AvgIpc) is 2.74. The van der Waals surface area contributed by atoms with E-state index in [1.807, 2.05) is 24.3 Å². The average molecular weight is 202 g/mol. The number of piperidine rings is 1. The van der Waals surface area contributed by atoms with Crippen LogP contribution in [0.5, 0.6) is 0 Å². The molecule has 1 fully saturated rings. The van der Waals surface area contributed by atoms with Crippen molar-refractivity contribution in [2.75, 3.05) is 18.1 Å². The van der Waals surface area contributed by atoms with E-state index in [2.05, 4.69) is 15.2 Å². The minimum absolute atomic E-state index is 0.975. The summed E-state index contributed by atoms with van der Waals surface area (Å²) in [5.41, 5.74) is 1.95. The molecule has 0 unspecified atom stereocenters. The fourth-order valence-corrected chi connectivity index (χ4v) is 2.03. The van der Waals surface area contributed by atoms with E-state index in [1.54, 1.807) is 4.91 Å². The SMILES string of the molecule is c1ccc2nn(N3CCCCC3)nc2c1. The summed E-state index contributed by atoms with van der Waals surface area (Å²) >= 11 is 0. The Balaban J connectivity index is 1.96. The minimum Gasteiger partial charge on any atom is -0.280 e. The third-order valence-corrected chi connectivity index (χ3v) is 2.86. The van der Waals surface area contributed by atoms with Crippen LogP contribution in [0, 0.1) is 0 Å². The minimum atomic E-state index is 0.975. The molecule has 15 heavy (non-hydrogen) atoms. The summed E-state index contributed by atoms with van der Waals surface area (Å²) in [5.74, 6) is 0. The largest absolute Gasteiger partial charge is 0.280 e. The van der Waals surface area contributed by atoms with Crippen molar-refractivity contribution < 1.29 is 0 Å². The highest BCUT2D eigenvalue weighted by atomic mass is 15.8. The van der Waals surface area contributed by atoms with E-state index in [1.165, 1.54) is 19.3 Å². The summed E-state index contributed by atoms with van der Waals surface area (Å²) in [5, 5.41) is 11.1. The smallest absolute Gasteiger partial charge is 0.115 e. The summed E-state index contributed by atoms with van der Waals surface area (Å²) in [7, 11) is 0. The van der Waals surface area contributed by atoms with Gasteiger partial charge >= 0.3 is 0 Å². The van der Waals surface area contributed by atoms with E-state index in [0.29, 0.717) is 0 Å². The lowest BCUT2D eigenvalue weighted by atomic mass is 10.2.